The number of amides is 1. The highest BCUT2D eigenvalue weighted by molar-refractivity contribution is 5.83. The van der Waals surface area contributed by atoms with E-state index in [2.05, 4.69) is 5.32 Å². The van der Waals surface area contributed by atoms with Crippen LogP contribution in [0.15, 0.2) is 18.2 Å². The molecule has 1 aromatic rings. The standard InChI is InChI=1S/C24H38N2O13/c1-24(36,11-29)22(39-23-21(35)20(34)19(33)16(10-28)38-23)18(32)15(30)8-26-17(31)3-2-6-37-13-5-4-12(9-27)14(25)7-13/h4-5,7,9,15-16,18-23,28-30,32-36H,2-3,6,8,10-11,25H2,1H3,(H,26,31)/t15?,16-,18?,19+,20?,21?,22+,23+,24?/m1/s1. The van der Waals surface area contributed by atoms with Crippen LogP contribution in [0, 0.1) is 0 Å². The number of nitrogens with one attached hydrogen (secondary N) is 1. The number of hydrogen-bond donors (Lipinski definition) is 10. The van der Waals surface area contributed by atoms with Crippen molar-refractivity contribution in [3.8, 4) is 5.75 Å². The minimum Gasteiger partial charge on any atom is -0.494 e. The third-order valence-corrected chi connectivity index (χ3v) is 6.28. The summed E-state index contributed by atoms with van der Waals surface area (Å²) in [6, 6.07) is 4.53. The molecular formula is C24H38N2O13. The summed E-state index contributed by atoms with van der Waals surface area (Å²) in [5, 5.41) is 83.0. The Kier molecular flexibility index (Phi) is 12.4. The SMILES string of the molecule is CC(O)(CO)[C@@H](O[C@@H]1O[C@H](CO)[C@H](O)C(O)C1O)C(O)C(O)CNC(=O)CCCOc1ccc(C=O)c(N)c1. The van der Waals surface area contributed by atoms with Gasteiger partial charge in [0.25, 0.3) is 0 Å². The molecule has 0 spiro atoms. The summed E-state index contributed by atoms with van der Waals surface area (Å²) in [6.07, 6.45) is -13.1. The Morgan fingerprint density at radius 2 is 1.90 bits per heavy atom. The first-order valence-electron chi connectivity index (χ1n) is 12.3. The van der Waals surface area contributed by atoms with E-state index in [1.165, 1.54) is 12.1 Å². The fourth-order valence-electron chi connectivity index (χ4n) is 3.81. The predicted molar refractivity (Wildman–Crippen MR) is 132 cm³/mol. The fourth-order valence-corrected chi connectivity index (χ4v) is 3.81. The van der Waals surface area contributed by atoms with Crippen LogP contribution in [-0.2, 0) is 14.3 Å². The van der Waals surface area contributed by atoms with E-state index in [0.29, 0.717) is 17.6 Å². The van der Waals surface area contributed by atoms with Gasteiger partial charge in [-0.05, 0) is 25.5 Å². The van der Waals surface area contributed by atoms with Crippen molar-refractivity contribution in [1.29, 1.82) is 0 Å². The molecule has 0 aliphatic carbocycles. The molecule has 5 unspecified atom stereocenters. The quantitative estimate of drug-likeness (QED) is 0.0555. The molecular weight excluding hydrogens is 524 g/mol. The Morgan fingerprint density at radius 3 is 2.49 bits per heavy atom. The first kappa shape index (κ1) is 32.8. The number of nitrogen functional groups attached to an aromatic ring is 1. The first-order chi connectivity index (χ1) is 18.4. The van der Waals surface area contributed by atoms with Gasteiger partial charge >= 0.3 is 0 Å². The molecule has 1 amide bonds. The average molecular weight is 563 g/mol. The van der Waals surface area contributed by atoms with Crippen LogP contribution < -0.4 is 15.8 Å². The highest BCUT2D eigenvalue weighted by Gasteiger charge is 2.49. The van der Waals surface area contributed by atoms with Crippen LogP contribution in [0.1, 0.15) is 30.1 Å². The summed E-state index contributed by atoms with van der Waals surface area (Å²) >= 11 is 0. The number of benzene rings is 1. The molecule has 0 aromatic heterocycles. The number of anilines is 1. The minimum atomic E-state index is -2.20. The van der Waals surface area contributed by atoms with Crippen LogP contribution in [0.25, 0.3) is 0 Å². The van der Waals surface area contributed by atoms with E-state index in [4.69, 9.17) is 19.9 Å². The Hall–Kier alpha value is -2.44. The van der Waals surface area contributed by atoms with E-state index in [9.17, 15) is 50.4 Å². The summed E-state index contributed by atoms with van der Waals surface area (Å²) in [7, 11) is 0. The number of rotatable bonds is 15. The zero-order valence-corrected chi connectivity index (χ0v) is 21.4. The molecule has 15 heteroatoms. The van der Waals surface area contributed by atoms with Crippen molar-refractivity contribution in [3.05, 3.63) is 23.8 Å². The number of carbonyl (C=O) groups is 2. The van der Waals surface area contributed by atoms with Crippen LogP contribution in [0.4, 0.5) is 5.69 Å². The molecule has 1 aliphatic heterocycles. The lowest BCUT2D eigenvalue weighted by Crippen LogP contribution is -2.63. The molecule has 1 heterocycles. The summed E-state index contributed by atoms with van der Waals surface area (Å²) < 4.78 is 16.1. The molecule has 9 atom stereocenters. The number of aliphatic hydroxyl groups excluding tert-OH is 7. The maximum atomic E-state index is 12.2. The van der Waals surface area contributed by atoms with Gasteiger partial charge in [0, 0.05) is 30.3 Å². The van der Waals surface area contributed by atoms with Crippen LogP contribution in [0.2, 0.25) is 0 Å². The van der Waals surface area contributed by atoms with Gasteiger partial charge in [0.05, 0.1) is 25.9 Å². The lowest BCUT2D eigenvalue weighted by atomic mass is 9.91. The fraction of sp³-hybridized carbons (Fsp3) is 0.667. The lowest BCUT2D eigenvalue weighted by Gasteiger charge is -2.44. The third-order valence-electron chi connectivity index (χ3n) is 6.28. The second-order valence-corrected chi connectivity index (χ2v) is 9.49. The molecule has 0 saturated carbocycles. The number of aldehydes is 1. The molecule has 1 fully saturated rings. The van der Waals surface area contributed by atoms with Gasteiger partial charge in [-0.15, -0.1) is 0 Å². The van der Waals surface area contributed by atoms with Crippen LogP contribution in [0.3, 0.4) is 0 Å². The molecule has 39 heavy (non-hydrogen) atoms. The Bertz CT molecular complexity index is 931. The van der Waals surface area contributed by atoms with Crippen molar-refractivity contribution in [3.63, 3.8) is 0 Å². The predicted octanol–water partition coefficient (Wildman–Crippen LogP) is -3.99. The summed E-state index contributed by atoms with van der Waals surface area (Å²) in [6.45, 7) is -0.993. The highest BCUT2D eigenvalue weighted by atomic mass is 16.7. The van der Waals surface area contributed by atoms with Crippen molar-refractivity contribution in [1.82, 2.24) is 5.32 Å². The largest absolute Gasteiger partial charge is 0.494 e. The second kappa shape index (κ2) is 14.8. The van der Waals surface area contributed by atoms with Crippen molar-refractivity contribution >= 4 is 17.9 Å². The normalized spacial score (nSPS) is 27.2. The van der Waals surface area contributed by atoms with Crippen LogP contribution >= 0.6 is 0 Å². The zero-order chi connectivity index (χ0) is 29.3. The van der Waals surface area contributed by atoms with Crippen LogP contribution in [-0.4, -0.2) is 134 Å². The van der Waals surface area contributed by atoms with E-state index in [0.717, 1.165) is 6.92 Å². The number of carbonyl (C=O) groups excluding carboxylic acids is 2. The number of nitrogens with two attached hydrogens (primary N) is 1. The smallest absolute Gasteiger partial charge is 0.220 e. The maximum absolute atomic E-state index is 12.2. The average Bonchev–Trinajstić information content (AvgIpc) is 2.92. The monoisotopic (exact) mass is 562 g/mol. The minimum absolute atomic E-state index is 0.0100. The summed E-state index contributed by atoms with van der Waals surface area (Å²) in [4.78, 5) is 23.0. The number of aliphatic hydroxyl groups is 8. The molecule has 11 N–H and O–H groups in total. The molecule has 0 radical (unpaired) electrons. The molecule has 15 nitrogen and oxygen atoms in total. The molecule has 1 aromatic carbocycles. The van der Waals surface area contributed by atoms with Gasteiger partial charge in [-0.3, -0.25) is 9.59 Å². The van der Waals surface area contributed by atoms with Gasteiger partial charge in [-0.2, -0.15) is 0 Å². The van der Waals surface area contributed by atoms with E-state index in [-0.39, 0.29) is 25.1 Å². The topological polar surface area (TPSA) is 262 Å². The molecule has 1 aliphatic rings. The van der Waals surface area contributed by atoms with Crippen molar-refractivity contribution in [2.24, 2.45) is 0 Å². The van der Waals surface area contributed by atoms with E-state index in [1.54, 1.807) is 6.07 Å². The van der Waals surface area contributed by atoms with Crippen LogP contribution in [0.5, 0.6) is 5.75 Å². The summed E-state index contributed by atoms with van der Waals surface area (Å²) in [5.74, 6) is -0.0839. The molecule has 0 bridgehead atoms. The zero-order valence-electron chi connectivity index (χ0n) is 21.4. The van der Waals surface area contributed by atoms with E-state index < -0.39 is 80.3 Å². The second-order valence-electron chi connectivity index (χ2n) is 9.49. The number of hydrogen-bond acceptors (Lipinski definition) is 14. The first-order valence-corrected chi connectivity index (χ1v) is 12.3. The van der Waals surface area contributed by atoms with Crippen molar-refractivity contribution in [2.45, 2.75) is 74.4 Å². The van der Waals surface area contributed by atoms with Gasteiger partial charge in [0.1, 0.15) is 48.0 Å². The molecule has 1 saturated heterocycles. The Morgan fingerprint density at radius 1 is 1.21 bits per heavy atom. The maximum Gasteiger partial charge on any atom is 0.220 e. The molecule has 2 rings (SSSR count). The summed E-state index contributed by atoms with van der Waals surface area (Å²) in [5.41, 5.74) is 4.08. The van der Waals surface area contributed by atoms with Gasteiger partial charge in [-0.1, -0.05) is 0 Å². The van der Waals surface area contributed by atoms with Crippen molar-refractivity contribution in [2.75, 3.05) is 32.1 Å². The lowest BCUT2D eigenvalue weighted by molar-refractivity contribution is -0.334. The third kappa shape index (κ3) is 8.77. The molecule has 222 valence electrons. The Balaban J connectivity index is 1.89. The van der Waals surface area contributed by atoms with E-state index in [1.807, 2.05) is 0 Å². The Labute approximate surface area is 224 Å². The van der Waals surface area contributed by atoms with Crippen molar-refractivity contribution < 1.29 is 64.7 Å². The van der Waals surface area contributed by atoms with Gasteiger partial charge in [0.15, 0.2) is 12.6 Å². The van der Waals surface area contributed by atoms with Gasteiger partial charge < -0.3 is 66.1 Å². The van der Waals surface area contributed by atoms with Gasteiger partial charge in [0.2, 0.25) is 5.91 Å². The number of ether oxygens (including phenoxy) is 3. The van der Waals surface area contributed by atoms with E-state index >= 15 is 0 Å². The highest BCUT2D eigenvalue weighted by Crippen LogP contribution is 2.27. The van der Waals surface area contributed by atoms with Gasteiger partial charge in [-0.25, -0.2) is 0 Å².